The van der Waals surface area contributed by atoms with Gasteiger partial charge in [-0.25, -0.2) is 0 Å². The zero-order chi connectivity index (χ0) is 33.1. The molecule has 9 nitrogen and oxygen atoms in total. The predicted octanol–water partition coefficient (Wildman–Crippen LogP) is 7.28. The number of benzene rings is 4. The van der Waals surface area contributed by atoms with Crippen molar-refractivity contribution in [2.75, 3.05) is 32.0 Å². The fourth-order valence-electron chi connectivity index (χ4n) is 4.35. The van der Waals surface area contributed by atoms with Crippen molar-refractivity contribution in [3.05, 3.63) is 113 Å². The highest BCUT2D eigenvalue weighted by molar-refractivity contribution is 8.00. The van der Waals surface area contributed by atoms with Crippen molar-refractivity contribution in [1.82, 2.24) is 5.32 Å². The number of carbonyl (C=O) groups is 3. The lowest BCUT2D eigenvalue weighted by Crippen LogP contribution is -2.30. The second-order valence-electron chi connectivity index (χ2n) is 9.82. The number of hydrogen-bond donors (Lipinski definition) is 3. The molecule has 0 saturated carbocycles. The van der Waals surface area contributed by atoms with Crippen LogP contribution >= 0.6 is 23.4 Å². The number of halogens is 1. The lowest BCUT2D eigenvalue weighted by Gasteiger charge is -2.16. The Hall–Kier alpha value is -4.93. The average molecular weight is 660 g/mol. The summed E-state index contributed by atoms with van der Waals surface area (Å²) in [5.74, 6) is 0.0650. The fourth-order valence-corrected chi connectivity index (χ4v) is 5.49. The fraction of sp³-hybridized carbons (Fsp3) is 0.171. The highest BCUT2D eigenvalue weighted by Gasteiger charge is 2.20. The summed E-state index contributed by atoms with van der Waals surface area (Å²) in [5, 5.41) is 8.71. The van der Waals surface area contributed by atoms with Gasteiger partial charge < -0.3 is 30.2 Å². The maximum atomic E-state index is 13.7. The first-order chi connectivity index (χ1) is 22.2. The molecule has 0 spiro atoms. The quantitative estimate of drug-likeness (QED) is 0.102. The molecule has 46 heavy (non-hydrogen) atoms. The van der Waals surface area contributed by atoms with E-state index < -0.39 is 11.8 Å². The van der Waals surface area contributed by atoms with Crippen LogP contribution < -0.4 is 30.2 Å². The van der Waals surface area contributed by atoms with E-state index in [-0.39, 0.29) is 16.9 Å². The first-order valence-electron chi connectivity index (χ1n) is 14.3. The number of ether oxygens (including phenoxy) is 3. The van der Waals surface area contributed by atoms with Crippen molar-refractivity contribution in [3.8, 4) is 17.2 Å². The molecular weight excluding hydrogens is 626 g/mol. The van der Waals surface area contributed by atoms with Crippen molar-refractivity contribution < 1.29 is 28.6 Å². The number of rotatable bonds is 13. The number of nitrogens with one attached hydrogen (secondary N) is 3. The van der Waals surface area contributed by atoms with Crippen LogP contribution in [0.15, 0.2) is 102 Å². The van der Waals surface area contributed by atoms with Crippen LogP contribution in [-0.2, 0) is 9.59 Å². The molecule has 1 unspecified atom stereocenters. The number of hydrogen-bond acceptors (Lipinski definition) is 7. The summed E-state index contributed by atoms with van der Waals surface area (Å²) in [6.45, 7) is 1.93. The minimum atomic E-state index is -0.573. The van der Waals surface area contributed by atoms with Crippen molar-refractivity contribution in [3.63, 3.8) is 0 Å². The van der Waals surface area contributed by atoms with Gasteiger partial charge in [-0.15, -0.1) is 11.8 Å². The lowest BCUT2D eigenvalue weighted by molar-refractivity contribution is -0.116. The van der Waals surface area contributed by atoms with E-state index in [9.17, 15) is 14.4 Å². The Morgan fingerprint density at radius 3 is 2.11 bits per heavy atom. The molecule has 0 aliphatic heterocycles. The van der Waals surface area contributed by atoms with E-state index in [0.29, 0.717) is 51.2 Å². The second-order valence-corrected chi connectivity index (χ2v) is 11.5. The second kappa shape index (κ2) is 16.4. The van der Waals surface area contributed by atoms with E-state index in [1.165, 1.54) is 39.2 Å². The van der Waals surface area contributed by atoms with Crippen LogP contribution in [0.1, 0.15) is 29.3 Å². The van der Waals surface area contributed by atoms with Gasteiger partial charge in [-0.05, 0) is 73.2 Å². The molecule has 1 atom stereocenters. The van der Waals surface area contributed by atoms with Crippen LogP contribution in [0, 0.1) is 0 Å². The van der Waals surface area contributed by atoms with Gasteiger partial charge in [-0.2, -0.15) is 0 Å². The summed E-state index contributed by atoms with van der Waals surface area (Å²) in [7, 11) is 4.49. The van der Waals surface area contributed by atoms with Crippen molar-refractivity contribution >= 4 is 58.5 Å². The third-order valence-electron chi connectivity index (χ3n) is 6.71. The van der Waals surface area contributed by atoms with Crippen molar-refractivity contribution in [2.24, 2.45) is 0 Å². The Morgan fingerprint density at radius 2 is 1.46 bits per heavy atom. The van der Waals surface area contributed by atoms with Crippen LogP contribution in [0.2, 0.25) is 5.02 Å². The number of thioether (sulfide) groups is 1. The first kappa shape index (κ1) is 34.0. The molecule has 4 aromatic rings. The first-order valence-corrected chi connectivity index (χ1v) is 15.5. The normalized spacial score (nSPS) is 11.6. The van der Waals surface area contributed by atoms with Crippen molar-refractivity contribution in [2.45, 2.75) is 23.5 Å². The molecule has 0 radical (unpaired) electrons. The highest BCUT2D eigenvalue weighted by Crippen LogP contribution is 2.36. The molecule has 0 aliphatic rings. The summed E-state index contributed by atoms with van der Waals surface area (Å²) in [6, 6.07) is 25.9. The van der Waals surface area contributed by atoms with Crippen LogP contribution in [0.25, 0.3) is 6.08 Å². The largest absolute Gasteiger partial charge is 0.496 e. The van der Waals surface area contributed by atoms with E-state index in [1.54, 1.807) is 84.9 Å². The smallest absolute Gasteiger partial charge is 0.272 e. The zero-order valence-electron chi connectivity index (χ0n) is 25.8. The van der Waals surface area contributed by atoms with E-state index in [4.69, 9.17) is 25.8 Å². The molecule has 238 valence electrons. The third-order valence-corrected chi connectivity index (χ3v) is 8.32. The maximum Gasteiger partial charge on any atom is 0.272 e. The zero-order valence-corrected chi connectivity index (χ0v) is 27.3. The van der Waals surface area contributed by atoms with Crippen LogP contribution in [-0.4, -0.2) is 44.3 Å². The Morgan fingerprint density at radius 1 is 0.783 bits per heavy atom. The summed E-state index contributed by atoms with van der Waals surface area (Å²) < 4.78 is 16.4. The number of methoxy groups -OCH3 is 3. The standard InChI is InChI=1S/C35H34ClN3O6S/c1-5-32(35(42)37-25-16-14-24(36)15-17-25)46-27-13-9-12-26(20-27)38-34(41)28(39-33(40)22-10-7-6-8-11-22)18-23-19-30(44-3)31(45-4)21-29(23)43-2/h6-21,32H,5H2,1-4H3,(H,37,42)(H,38,41)(H,39,40)/b28-18+. The molecule has 0 aromatic heterocycles. The van der Waals surface area contributed by atoms with Gasteiger partial charge in [-0.1, -0.05) is 42.8 Å². The molecule has 3 amide bonds. The van der Waals surface area contributed by atoms with Gasteiger partial charge in [0, 0.05) is 38.5 Å². The average Bonchev–Trinajstić information content (AvgIpc) is 3.08. The number of amides is 3. The Labute approximate surface area is 277 Å². The van der Waals surface area contributed by atoms with E-state index in [2.05, 4.69) is 16.0 Å². The number of carbonyl (C=O) groups excluding carboxylic acids is 3. The van der Waals surface area contributed by atoms with Gasteiger partial charge in [0.05, 0.1) is 26.6 Å². The van der Waals surface area contributed by atoms with E-state index in [0.717, 1.165) is 4.90 Å². The molecule has 0 saturated heterocycles. The van der Waals surface area contributed by atoms with Crippen LogP contribution in [0.5, 0.6) is 17.2 Å². The summed E-state index contributed by atoms with van der Waals surface area (Å²) in [5.41, 5.74) is 1.94. The number of anilines is 2. The monoisotopic (exact) mass is 659 g/mol. The summed E-state index contributed by atoms with van der Waals surface area (Å²) in [6.07, 6.45) is 2.08. The van der Waals surface area contributed by atoms with E-state index in [1.807, 2.05) is 13.0 Å². The third kappa shape index (κ3) is 9.06. The van der Waals surface area contributed by atoms with Gasteiger partial charge >= 0.3 is 0 Å². The minimum Gasteiger partial charge on any atom is -0.496 e. The van der Waals surface area contributed by atoms with Gasteiger partial charge in [0.2, 0.25) is 5.91 Å². The Bertz CT molecular complexity index is 1710. The van der Waals surface area contributed by atoms with Gasteiger partial charge in [0.15, 0.2) is 11.5 Å². The molecule has 11 heteroatoms. The van der Waals surface area contributed by atoms with Gasteiger partial charge in [-0.3, -0.25) is 14.4 Å². The van der Waals surface area contributed by atoms with Gasteiger partial charge in [0.25, 0.3) is 11.8 Å². The summed E-state index contributed by atoms with van der Waals surface area (Å²) >= 11 is 7.34. The molecule has 0 bridgehead atoms. The molecule has 0 aliphatic carbocycles. The summed E-state index contributed by atoms with van der Waals surface area (Å²) in [4.78, 5) is 40.6. The van der Waals surface area contributed by atoms with E-state index >= 15 is 0 Å². The topological polar surface area (TPSA) is 115 Å². The molecule has 0 heterocycles. The molecule has 0 fully saturated rings. The molecule has 4 rings (SSSR count). The molecule has 4 aromatic carbocycles. The highest BCUT2D eigenvalue weighted by atomic mass is 35.5. The predicted molar refractivity (Wildman–Crippen MR) is 183 cm³/mol. The van der Waals surface area contributed by atoms with Crippen molar-refractivity contribution in [1.29, 1.82) is 0 Å². The lowest BCUT2D eigenvalue weighted by atomic mass is 10.1. The Kier molecular flexibility index (Phi) is 12.1. The molecule has 3 N–H and O–H groups in total. The molecular formula is C35H34ClN3O6S. The van der Waals surface area contributed by atoms with Gasteiger partial charge in [0.1, 0.15) is 11.4 Å². The van der Waals surface area contributed by atoms with Crippen LogP contribution in [0.3, 0.4) is 0 Å². The Balaban J connectivity index is 1.59. The van der Waals surface area contributed by atoms with Crippen LogP contribution in [0.4, 0.5) is 11.4 Å². The maximum absolute atomic E-state index is 13.7. The minimum absolute atomic E-state index is 0.0359. The SMILES string of the molecule is CCC(Sc1cccc(NC(=O)/C(=C\c2cc(OC)c(OC)cc2OC)NC(=O)c2ccccc2)c1)C(=O)Nc1ccc(Cl)cc1.